The van der Waals surface area contributed by atoms with Crippen molar-refractivity contribution in [3.8, 4) is 0 Å². The summed E-state index contributed by atoms with van der Waals surface area (Å²) < 4.78 is 38.4. The summed E-state index contributed by atoms with van der Waals surface area (Å²) in [6, 6.07) is 5.70. The van der Waals surface area contributed by atoms with Gasteiger partial charge in [0.05, 0.1) is 11.1 Å². The van der Waals surface area contributed by atoms with E-state index in [2.05, 4.69) is 9.88 Å². The molecule has 1 saturated heterocycles. The van der Waals surface area contributed by atoms with E-state index in [9.17, 15) is 13.2 Å². The molecule has 0 bridgehead atoms. The Morgan fingerprint density at radius 3 is 2.76 bits per heavy atom. The van der Waals surface area contributed by atoms with E-state index in [1.165, 1.54) is 0 Å². The Balaban J connectivity index is 2.03. The molecular weight excluding hydrogens is 297 g/mol. The molecule has 0 radical (unpaired) electrons. The molecule has 2 heterocycles. The van der Waals surface area contributed by atoms with Gasteiger partial charge < -0.3 is 4.90 Å². The Labute approximate surface area is 125 Å². The first kappa shape index (κ1) is 14.5. The van der Waals surface area contributed by atoms with Gasteiger partial charge >= 0.3 is 6.18 Å². The Morgan fingerprint density at radius 2 is 1.95 bits per heavy atom. The van der Waals surface area contributed by atoms with Crippen LogP contribution in [0, 0.1) is 0 Å². The van der Waals surface area contributed by atoms with Gasteiger partial charge in [-0.05, 0) is 30.4 Å². The number of fused-ring (bicyclic) bond motifs is 1. The van der Waals surface area contributed by atoms with Crippen molar-refractivity contribution in [1.29, 1.82) is 0 Å². The third-order valence-electron chi connectivity index (χ3n) is 3.61. The molecule has 112 valence electrons. The third-order valence-corrected chi connectivity index (χ3v) is 4.66. The number of pyridine rings is 1. The van der Waals surface area contributed by atoms with Crippen LogP contribution in [0.15, 0.2) is 30.5 Å². The van der Waals surface area contributed by atoms with Crippen molar-refractivity contribution in [3.63, 3.8) is 0 Å². The zero-order valence-electron chi connectivity index (χ0n) is 11.4. The van der Waals surface area contributed by atoms with Crippen LogP contribution in [0.3, 0.4) is 0 Å². The van der Waals surface area contributed by atoms with Gasteiger partial charge in [-0.3, -0.25) is 4.98 Å². The second-order valence-electron chi connectivity index (χ2n) is 5.01. The first-order valence-corrected chi connectivity index (χ1v) is 8.00. The molecule has 1 aromatic carbocycles. The second kappa shape index (κ2) is 5.75. The van der Waals surface area contributed by atoms with Gasteiger partial charge in [-0.25, -0.2) is 0 Å². The molecule has 0 unspecified atom stereocenters. The van der Waals surface area contributed by atoms with Gasteiger partial charge in [0.25, 0.3) is 0 Å². The lowest BCUT2D eigenvalue weighted by molar-refractivity contribution is -0.137. The van der Waals surface area contributed by atoms with Crippen LogP contribution in [0.1, 0.15) is 12.0 Å². The average molecular weight is 312 g/mol. The molecule has 0 spiro atoms. The van der Waals surface area contributed by atoms with E-state index in [4.69, 9.17) is 0 Å². The van der Waals surface area contributed by atoms with Crippen LogP contribution in [-0.2, 0) is 6.18 Å². The number of aromatic nitrogens is 1. The zero-order valence-corrected chi connectivity index (χ0v) is 12.2. The largest absolute Gasteiger partial charge is 0.416 e. The maximum Gasteiger partial charge on any atom is 0.416 e. The van der Waals surface area contributed by atoms with E-state index in [-0.39, 0.29) is 0 Å². The normalized spacial score (nSPS) is 17.0. The minimum atomic E-state index is -4.33. The summed E-state index contributed by atoms with van der Waals surface area (Å²) in [7, 11) is 0. The molecule has 2 aromatic rings. The van der Waals surface area contributed by atoms with Crippen LogP contribution in [-0.4, -0.2) is 29.6 Å². The number of benzene rings is 1. The van der Waals surface area contributed by atoms with Crippen LogP contribution < -0.4 is 4.90 Å². The summed E-state index contributed by atoms with van der Waals surface area (Å²) in [5.41, 5.74) is 0.738. The highest BCUT2D eigenvalue weighted by atomic mass is 32.2. The fraction of sp³-hybridized carbons (Fsp3) is 0.400. The minimum absolute atomic E-state index is 0.402. The van der Waals surface area contributed by atoms with Gasteiger partial charge in [0.2, 0.25) is 0 Å². The number of rotatable bonds is 1. The molecule has 6 heteroatoms. The quantitative estimate of drug-likeness (QED) is 0.785. The summed E-state index contributed by atoms with van der Waals surface area (Å²) in [6.07, 6.45) is -1.64. The smallest absolute Gasteiger partial charge is 0.370 e. The first-order chi connectivity index (χ1) is 10.1. The third kappa shape index (κ3) is 3.10. The molecule has 2 nitrogen and oxygen atoms in total. The first-order valence-electron chi connectivity index (χ1n) is 6.84. The Kier molecular flexibility index (Phi) is 3.97. The number of hydrogen-bond donors (Lipinski definition) is 0. The van der Waals surface area contributed by atoms with Crippen molar-refractivity contribution in [3.05, 3.63) is 36.0 Å². The zero-order chi connectivity index (χ0) is 14.9. The summed E-state index contributed by atoms with van der Waals surface area (Å²) in [5, 5.41) is 0.789. The fourth-order valence-corrected chi connectivity index (χ4v) is 3.46. The summed E-state index contributed by atoms with van der Waals surface area (Å²) in [4.78, 5) is 6.35. The minimum Gasteiger partial charge on any atom is -0.370 e. The van der Waals surface area contributed by atoms with Crippen molar-refractivity contribution < 1.29 is 13.2 Å². The van der Waals surface area contributed by atoms with Gasteiger partial charge in [-0.15, -0.1) is 0 Å². The maximum atomic E-state index is 12.8. The van der Waals surface area contributed by atoms with E-state index < -0.39 is 11.7 Å². The van der Waals surface area contributed by atoms with Crippen molar-refractivity contribution in [2.45, 2.75) is 12.6 Å². The predicted octanol–water partition coefficient (Wildman–Crippen LogP) is 4.20. The van der Waals surface area contributed by atoms with Crippen LogP contribution >= 0.6 is 11.8 Å². The molecule has 1 aliphatic rings. The van der Waals surface area contributed by atoms with Gasteiger partial charge in [-0.2, -0.15) is 24.9 Å². The maximum absolute atomic E-state index is 12.8. The number of anilines is 1. The lowest BCUT2D eigenvalue weighted by atomic mass is 10.1. The SMILES string of the molecule is FC(F)(F)c1ccc2c(N3CCCSCC3)ccnc2c1. The topological polar surface area (TPSA) is 16.1 Å². The van der Waals surface area contributed by atoms with Gasteiger partial charge in [0.15, 0.2) is 0 Å². The average Bonchev–Trinajstić information content (AvgIpc) is 2.74. The molecule has 0 atom stereocenters. The molecule has 0 saturated carbocycles. The molecule has 21 heavy (non-hydrogen) atoms. The highest BCUT2D eigenvalue weighted by molar-refractivity contribution is 7.99. The van der Waals surface area contributed by atoms with E-state index in [0.29, 0.717) is 5.52 Å². The molecule has 0 aliphatic carbocycles. The number of halogens is 3. The summed E-state index contributed by atoms with van der Waals surface area (Å²) in [5.74, 6) is 2.18. The number of thioether (sulfide) groups is 1. The van der Waals surface area contributed by atoms with Crippen molar-refractivity contribution in [2.75, 3.05) is 29.5 Å². The number of nitrogens with zero attached hydrogens (tertiary/aromatic N) is 2. The van der Waals surface area contributed by atoms with Crippen molar-refractivity contribution in [2.24, 2.45) is 0 Å². The lowest BCUT2D eigenvalue weighted by Gasteiger charge is -2.24. The molecule has 1 fully saturated rings. The molecule has 0 amide bonds. The number of alkyl halides is 3. The molecule has 1 aromatic heterocycles. The van der Waals surface area contributed by atoms with Crippen LogP contribution in [0.5, 0.6) is 0 Å². The second-order valence-corrected chi connectivity index (χ2v) is 6.24. The Morgan fingerprint density at radius 1 is 1.10 bits per heavy atom. The van der Waals surface area contributed by atoms with Gasteiger partial charge in [-0.1, -0.05) is 6.07 Å². The highest BCUT2D eigenvalue weighted by Gasteiger charge is 2.30. The van der Waals surface area contributed by atoms with Crippen molar-refractivity contribution in [1.82, 2.24) is 4.98 Å². The standard InChI is InChI=1S/C15H15F3N2S/c16-15(17,18)11-2-3-12-13(10-11)19-5-4-14(12)20-6-1-8-21-9-7-20/h2-5,10H,1,6-9H2. The van der Waals surface area contributed by atoms with Crippen LogP contribution in [0.4, 0.5) is 18.9 Å². The van der Waals surface area contributed by atoms with Crippen molar-refractivity contribution >= 4 is 28.4 Å². The van der Waals surface area contributed by atoms with E-state index in [0.717, 1.165) is 54.2 Å². The molecule has 3 rings (SSSR count). The van der Waals surface area contributed by atoms with Crippen LogP contribution in [0.2, 0.25) is 0 Å². The Hall–Kier alpha value is -1.43. The molecule has 1 aliphatic heterocycles. The lowest BCUT2D eigenvalue weighted by Crippen LogP contribution is -2.25. The molecular formula is C15H15F3N2S. The highest BCUT2D eigenvalue weighted by Crippen LogP contribution is 2.33. The summed E-state index contributed by atoms with van der Waals surface area (Å²) in [6.45, 7) is 1.86. The number of hydrogen-bond acceptors (Lipinski definition) is 3. The Bertz CT molecular complexity index is 634. The fourth-order valence-electron chi connectivity index (χ4n) is 2.57. The monoisotopic (exact) mass is 312 g/mol. The van der Waals surface area contributed by atoms with E-state index >= 15 is 0 Å². The van der Waals surface area contributed by atoms with E-state index in [1.54, 1.807) is 12.3 Å². The molecule has 0 N–H and O–H groups in total. The predicted molar refractivity (Wildman–Crippen MR) is 80.9 cm³/mol. The summed E-state index contributed by atoms with van der Waals surface area (Å²) >= 11 is 1.92. The van der Waals surface area contributed by atoms with E-state index in [1.807, 2.05) is 17.8 Å². The van der Waals surface area contributed by atoms with Gasteiger partial charge in [0.1, 0.15) is 0 Å². The van der Waals surface area contributed by atoms with Crippen LogP contribution in [0.25, 0.3) is 10.9 Å². The van der Waals surface area contributed by atoms with Gasteiger partial charge in [0, 0.05) is 36.1 Å².